The Morgan fingerprint density at radius 2 is 1.74 bits per heavy atom. The van der Waals surface area contributed by atoms with Gasteiger partial charge in [-0.1, -0.05) is 48.0 Å². The molecule has 0 saturated carbocycles. The van der Waals surface area contributed by atoms with Gasteiger partial charge >= 0.3 is 0 Å². The lowest BCUT2D eigenvalue weighted by molar-refractivity contribution is 0.102. The fraction of sp³-hybridized carbons (Fsp3) is 0.273. The number of aromatic nitrogens is 1. The highest BCUT2D eigenvalue weighted by atomic mass is 79.9. The van der Waals surface area contributed by atoms with Crippen LogP contribution in [0.25, 0.3) is 11.3 Å². The number of benzene rings is 2. The van der Waals surface area contributed by atoms with Crippen LogP contribution in [0.4, 0.5) is 10.8 Å². The SMILES string of the molecule is CC(C)c1ccc(NS(=O)(=O)C(C)C)c(C(=O)Nc2nc(-c3ccc(Br)cc3)cs2)c1. The highest BCUT2D eigenvalue weighted by Crippen LogP contribution is 2.28. The van der Waals surface area contributed by atoms with Crippen molar-refractivity contribution >= 4 is 54.0 Å². The minimum absolute atomic E-state index is 0.186. The summed E-state index contributed by atoms with van der Waals surface area (Å²) in [7, 11) is -3.60. The van der Waals surface area contributed by atoms with Crippen LogP contribution in [0.5, 0.6) is 0 Å². The molecule has 3 aromatic rings. The maximum atomic E-state index is 13.1. The Morgan fingerprint density at radius 1 is 1.06 bits per heavy atom. The van der Waals surface area contributed by atoms with Gasteiger partial charge in [-0.25, -0.2) is 13.4 Å². The van der Waals surface area contributed by atoms with E-state index in [0.717, 1.165) is 21.3 Å². The minimum Gasteiger partial charge on any atom is -0.298 e. The van der Waals surface area contributed by atoms with E-state index in [2.05, 4.69) is 31.0 Å². The molecule has 0 bridgehead atoms. The van der Waals surface area contributed by atoms with E-state index in [4.69, 9.17) is 0 Å². The molecule has 0 atom stereocenters. The fourth-order valence-corrected chi connectivity index (χ4v) is 4.42. The summed E-state index contributed by atoms with van der Waals surface area (Å²) in [6, 6.07) is 12.9. The second kappa shape index (κ2) is 9.50. The molecule has 31 heavy (non-hydrogen) atoms. The number of rotatable bonds is 7. The lowest BCUT2D eigenvalue weighted by Gasteiger charge is -2.16. The molecule has 164 valence electrons. The largest absolute Gasteiger partial charge is 0.298 e. The molecule has 1 heterocycles. The van der Waals surface area contributed by atoms with Crippen LogP contribution in [0.2, 0.25) is 0 Å². The van der Waals surface area contributed by atoms with E-state index in [9.17, 15) is 13.2 Å². The van der Waals surface area contributed by atoms with Crippen LogP contribution < -0.4 is 10.0 Å². The molecular formula is C22H24BrN3O3S2. The molecular weight excluding hydrogens is 498 g/mol. The van der Waals surface area contributed by atoms with Gasteiger partial charge in [0.25, 0.3) is 5.91 Å². The van der Waals surface area contributed by atoms with Gasteiger partial charge in [0.2, 0.25) is 10.0 Å². The standard InChI is InChI=1S/C22H24BrN3O3S2/c1-13(2)16-7-10-19(26-31(28,29)14(3)4)18(11-16)21(27)25-22-24-20(12-30-22)15-5-8-17(23)9-6-15/h5-14,26H,1-4H3,(H,24,25,27). The number of nitrogens with zero attached hydrogens (tertiary/aromatic N) is 1. The smallest absolute Gasteiger partial charge is 0.259 e. The number of halogens is 1. The van der Waals surface area contributed by atoms with Gasteiger partial charge in [-0.2, -0.15) is 0 Å². The van der Waals surface area contributed by atoms with Crippen LogP contribution in [0, 0.1) is 0 Å². The van der Waals surface area contributed by atoms with Crippen molar-refractivity contribution in [1.29, 1.82) is 0 Å². The zero-order chi connectivity index (χ0) is 22.8. The first-order valence-electron chi connectivity index (χ1n) is 9.75. The normalized spacial score (nSPS) is 11.7. The quantitative estimate of drug-likeness (QED) is 0.393. The Balaban J connectivity index is 1.89. The zero-order valence-corrected chi connectivity index (χ0v) is 20.9. The van der Waals surface area contributed by atoms with Crippen LogP contribution in [-0.2, 0) is 10.0 Å². The number of hydrogen-bond acceptors (Lipinski definition) is 5. The molecule has 3 rings (SSSR count). The van der Waals surface area contributed by atoms with Crippen molar-refractivity contribution in [2.24, 2.45) is 0 Å². The van der Waals surface area contributed by atoms with Gasteiger partial charge in [-0.3, -0.25) is 14.8 Å². The molecule has 0 aliphatic carbocycles. The topological polar surface area (TPSA) is 88.2 Å². The predicted molar refractivity (Wildman–Crippen MR) is 131 cm³/mol. The molecule has 0 aliphatic rings. The third kappa shape index (κ3) is 5.72. The molecule has 0 unspecified atom stereocenters. The highest BCUT2D eigenvalue weighted by Gasteiger charge is 2.21. The van der Waals surface area contributed by atoms with Gasteiger partial charge < -0.3 is 0 Å². The molecule has 2 aromatic carbocycles. The number of anilines is 2. The molecule has 0 spiro atoms. The van der Waals surface area contributed by atoms with Crippen LogP contribution in [0.1, 0.15) is 49.5 Å². The maximum absolute atomic E-state index is 13.1. The summed E-state index contributed by atoms with van der Waals surface area (Å²) in [5.74, 6) is -0.230. The van der Waals surface area contributed by atoms with Crippen molar-refractivity contribution in [3.8, 4) is 11.3 Å². The molecule has 1 amide bonds. The average Bonchev–Trinajstić information content (AvgIpc) is 3.16. The summed E-state index contributed by atoms with van der Waals surface area (Å²) in [6.07, 6.45) is 0. The molecule has 0 radical (unpaired) electrons. The van der Waals surface area contributed by atoms with Crippen molar-refractivity contribution in [3.63, 3.8) is 0 Å². The van der Waals surface area contributed by atoms with Crippen molar-refractivity contribution < 1.29 is 13.2 Å². The van der Waals surface area contributed by atoms with Gasteiger partial charge in [0, 0.05) is 15.4 Å². The first-order valence-corrected chi connectivity index (χ1v) is 13.0. The van der Waals surface area contributed by atoms with E-state index in [-0.39, 0.29) is 17.2 Å². The van der Waals surface area contributed by atoms with Crippen LogP contribution >= 0.6 is 27.3 Å². The Hall–Kier alpha value is -2.23. The molecule has 1 aromatic heterocycles. The van der Waals surface area contributed by atoms with E-state index in [0.29, 0.717) is 5.13 Å². The number of hydrogen-bond donors (Lipinski definition) is 2. The summed E-state index contributed by atoms with van der Waals surface area (Å²) in [5, 5.41) is 4.49. The van der Waals surface area contributed by atoms with Gasteiger partial charge in [0.05, 0.1) is 22.2 Å². The number of thiazole rings is 1. The number of nitrogens with one attached hydrogen (secondary N) is 2. The summed E-state index contributed by atoms with van der Waals surface area (Å²) in [4.78, 5) is 17.6. The Labute approximate surface area is 195 Å². The predicted octanol–water partition coefficient (Wildman–Crippen LogP) is 6.10. The van der Waals surface area contributed by atoms with E-state index < -0.39 is 21.2 Å². The number of carbonyl (C=O) groups excluding carboxylic acids is 1. The van der Waals surface area contributed by atoms with Crippen molar-refractivity contribution in [2.75, 3.05) is 10.0 Å². The van der Waals surface area contributed by atoms with Crippen LogP contribution in [0.15, 0.2) is 52.3 Å². The van der Waals surface area contributed by atoms with Crippen LogP contribution in [-0.4, -0.2) is 24.6 Å². The summed E-state index contributed by atoms with van der Waals surface area (Å²) in [6.45, 7) is 7.20. The average molecular weight is 522 g/mol. The van der Waals surface area contributed by atoms with Gasteiger partial charge in [0.1, 0.15) is 0 Å². The zero-order valence-electron chi connectivity index (χ0n) is 17.6. The van der Waals surface area contributed by atoms with Gasteiger partial charge in [-0.05, 0) is 49.6 Å². The fourth-order valence-electron chi connectivity index (χ4n) is 2.72. The van der Waals surface area contributed by atoms with Gasteiger partial charge in [0.15, 0.2) is 5.13 Å². The first kappa shape index (κ1) is 23.4. The van der Waals surface area contributed by atoms with E-state index in [1.165, 1.54) is 11.3 Å². The van der Waals surface area contributed by atoms with E-state index in [1.807, 2.05) is 49.6 Å². The third-order valence-corrected chi connectivity index (χ3v) is 7.72. The molecule has 6 nitrogen and oxygen atoms in total. The summed E-state index contributed by atoms with van der Waals surface area (Å²) < 4.78 is 28.3. The Bertz CT molecular complexity index is 1190. The van der Waals surface area contributed by atoms with Gasteiger partial charge in [-0.15, -0.1) is 11.3 Å². The summed E-state index contributed by atoms with van der Waals surface area (Å²) >= 11 is 4.72. The van der Waals surface area contributed by atoms with Crippen molar-refractivity contribution in [2.45, 2.75) is 38.9 Å². The second-order valence-corrected chi connectivity index (χ2v) is 11.7. The monoisotopic (exact) mass is 521 g/mol. The Kier molecular flexibility index (Phi) is 7.18. The molecule has 0 saturated heterocycles. The first-order chi connectivity index (χ1) is 14.6. The van der Waals surface area contributed by atoms with E-state index in [1.54, 1.807) is 26.0 Å². The Morgan fingerprint density at radius 3 is 2.35 bits per heavy atom. The number of sulfonamides is 1. The third-order valence-electron chi connectivity index (χ3n) is 4.69. The number of carbonyl (C=O) groups is 1. The van der Waals surface area contributed by atoms with Crippen LogP contribution in [0.3, 0.4) is 0 Å². The maximum Gasteiger partial charge on any atom is 0.259 e. The highest BCUT2D eigenvalue weighted by molar-refractivity contribution is 9.10. The lowest BCUT2D eigenvalue weighted by atomic mass is 9.99. The van der Waals surface area contributed by atoms with E-state index >= 15 is 0 Å². The minimum atomic E-state index is -3.60. The van der Waals surface area contributed by atoms with Crippen molar-refractivity contribution in [3.05, 3.63) is 63.4 Å². The second-order valence-electron chi connectivity index (χ2n) is 7.65. The lowest BCUT2D eigenvalue weighted by Crippen LogP contribution is -2.24. The molecule has 0 fully saturated rings. The van der Waals surface area contributed by atoms with Crippen molar-refractivity contribution in [1.82, 2.24) is 4.98 Å². The number of amides is 1. The molecule has 9 heteroatoms. The molecule has 0 aliphatic heterocycles. The molecule has 2 N–H and O–H groups in total. The summed E-state index contributed by atoms with van der Waals surface area (Å²) in [5.41, 5.74) is 3.14.